The van der Waals surface area contributed by atoms with Crippen molar-refractivity contribution in [2.75, 3.05) is 13.7 Å². The first-order chi connectivity index (χ1) is 13.1. The first-order valence-electron chi connectivity index (χ1n) is 8.65. The van der Waals surface area contributed by atoms with Crippen molar-refractivity contribution in [1.29, 1.82) is 0 Å². The third-order valence-electron chi connectivity index (χ3n) is 4.02. The molecular weight excluding hydrogens is 350 g/mol. The molecule has 0 bridgehead atoms. The quantitative estimate of drug-likeness (QED) is 0.612. The van der Waals surface area contributed by atoms with E-state index in [1.165, 1.54) is 0 Å². The summed E-state index contributed by atoms with van der Waals surface area (Å²) < 4.78 is 10.1. The molecule has 0 aliphatic heterocycles. The van der Waals surface area contributed by atoms with Gasteiger partial charge >= 0.3 is 0 Å². The normalized spacial score (nSPS) is 12.2. The molecule has 1 atom stereocenters. The Kier molecular flexibility index (Phi) is 5.92. The number of hydrogen-bond donors (Lipinski definition) is 2. The molecule has 9 heteroatoms. The summed E-state index contributed by atoms with van der Waals surface area (Å²) in [7, 11) is 1.60. The highest BCUT2D eigenvalue weighted by atomic mass is 16.5. The summed E-state index contributed by atoms with van der Waals surface area (Å²) in [6.07, 6.45) is 0.905. The predicted octanol–water partition coefficient (Wildman–Crippen LogP) is 1.31. The third kappa shape index (κ3) is 4.76. The number of methoxy groups -OCH3 is 1. The van der Waals surface area contributed by atoms with Crippen LogP contribution in [0.2, 0.25) is 0 Å². The molecule has 27 heavy (non-hydrogen) atoms. The number of benzene rings is 1. The average molecular weight is 371 g/mol. The Morgan fingerprint density at radius 1 is 1.30 bits per heavy atom. The first kappa shape index (κ1) is 18.7. The van der Waals surface area contributed by atoms with Gasteiger partial charge in [0.25, 0.3) is 5.56 Å². The lowest BCUT2D eigenvalue weighted by Crippen LogP contribution is -2.28. The van der Waals surface area contributed by atoms with Crippen LogP contribution in [-0.2, 0) is 22.4 Å². The summed E-state index contributed by atoms with van der Waals surface area (Å²) in [4.78, 5) is 35.6. The van der Waals surface area contributed by atoms with Crippen LogP contribution in [0, 0.1) is 0 Å². The number of hydrogen-bond acceptors (Lipinski definition) is 7. The molecule has 142 valence electrons. The molecule has 0 unspecified atom stereocenters. The number of carbonyl (C=O) groups excluding carboxylic acids is 1. The molecule has 2 N–H and O–H groups in total. The maximum Gasteiger partial charge on any atom is 0.270 e. The van der Waals surface area contributed by atoms with Crippen LogP contribution in [-0.4, -0.2) is 39.7 Å². The molecule has 0 saturated heterocycles. The smallest absolute Gasteiger partial charge is 0.270 e. The van der Waals surface area contributed by atoms with Crippen LogP contribution in [0.15, 0.2) is 33.6 Å². The molecule has 3 rings (SSSR count). The predicted molar refractivity (Wildman–Crippen MR) is 97.1 cm³/mol. The van der Waals surface area contributed by atoms with Crippen LogP contribution in [0.25, 0.3) is 11.0 Å². The van der Waals surface area contributed by atoms with E-state index in [0.717, 1.165) is 0 Å². The fraction of sp³-hybridized carbons (Fsp3) is 0.389. The molecule has 0 aliphatic rings. The van der Waals surface area contributed by atoms with Gasteiger partial charge in [0.05, 0.1) is 17.6 Å². The Morgan fingerprint density at radius 3 is 2.93 bits per heavy atom. The van der Waals surface area contributed by atoms with Gasteiger partial charge in [-0.3, -0.25) is 9.59 Å². The summed E-state index contributed by atoms with van der Waals surface area (Å²) in [6.45, 7) is 2.25. The van der Waals surface area contributed by atoms with Crippen LogP contribution < -0.4 is 10.9 Å². The van der Waals surface area contributed by atoms with Crippen molar-refractivity contribution in [2.45, 2.75) is 32.2 Å². The van der Waals surface area contributed by atoms with Crippen molar-refractivity contribution < 1.29 is 14.1 Å². The zero-order chi connectivity index (χ0) is 19.2. The number of ether oxygens (including phenoxy) is 1. The largest absolute Gasteiger partial charge is 0.384 e. The number of carbonyl (C=O) groups is 1. The summed E-state index contributed by atoms with van der Waals surface area (Å²) in [5, 5.41) is 6.63. The number of fused-ring (bicyclic) bond motifs is 1. The van der Waals surface area contributed by atoms with Gasteiger partial charge in [-0.1, -0.05) is 17.3 Å². The van der Waals surface area contributed by atoms with Crippen molar-refractivity contribution in [3.63, 3.8) is 0 Å². The Labute approximate surface area is 155 Å². The summed E-state index contributed by atoms with van der Waals surface area (Å²) in [6, 6.07) is 6.84. The van der Waals surface area contributed by atoms with Crippen LogP contribution in [0.5, 0.6) is 0 Å². The van der Waals surface area contributed by atoms with Crippen molar-refractivity contribution in [3.8, 4) is 0 Å². The molecule has 2 heterocycles. The van der Waals surface area contributed by atoms with E-state index in [0.29, 0.717) is 41.5 Å². The van der Waals surface area contributed by atoms with Crippen molar-refractivity contribution in [3.05, 3.63) is 52.0 Å². The lowest BCUT2D eigenvalue weighted by Gasteiger charge is -2.09. The van der Waals surface area contributed by atoms with E-state index in [2.05, 4.69) is 25.4 Å². The molecule has 2 aromatic heterocycles. The summed E-state index contributed by atoms with van der Waals surface area (Å²) in [5.74, 6) is 0.629. The standard InChI is InChI=1S/C18H21N5O4/c1-11(18-22-15(23-27-18)9-10-26-2)19-16(24)8-7-14-17(25)21-13-6-4-3-5-12(13)20-14/h3-6,11H,7-10H2,1-2H3,(H,19,24)(H,21,25)/t11-/m1/s1. The maximum atomic E-state index is 12.2. The van der Waals surface area contributed by atoms with E-state index in [9.17, 15) is 9.59 Å². The van der Waals surface area contributed by atoms with Gasteiger partial charge in [0.15, 0.2) is 5.82 Å². The van der Waals surface area contributed by atoms with E-state index < -0.39 is 6.04 Å². The number of aromatic nitrogens is 4. The van der Waals surface area contributed by atoms with Gasteiger partial charge in [0, 0.05) is 26.4 Å². The second-order valence-corrected chi connectivity index (χ2v) is 6.11. The van der Waals surface area contributed by atoms with Gasteiger partial charge in [0.2, 0.25) is 11.8 Å². The van der Waals surface area contributed by atoms with E-state index in [-0.39, 0.29) is 24.3 Å². The number of H-pyrrole nitrogens is 1. The second-order valence-electron chi connectivity index (χ2n) is 6.11. The van der Waals surface area contributed by atoms with Crippen molar-refractivity contribution in [2.24, 2.45) is 0 Å². The summed E-state index contributed by atoms with van der Waals surface area (Å²) >= 11 is 0. The summed E-state index contributed by atoms with van der Waals surface area (Å²) in [5.41, 5.74) is 1.41. The number of nitrogens with one attached hydrogen (secondary N) is 2. The molecule has 9 nitrogen and oxygen atoms in total. The van der Waals surface area contributed by atoms with Gasteiger partial charge in [-0.05, 0) is 19.1 Å². The van der Waals surface area contributed by atoms with E-state index in [1.54, 1.807) is 20.1 Å². The van der Waals surface area contributed by atoms with Gasteiger partial charge in [-0.2, -0.15) is 4.98 Å². The molecule has 0 fully saturated rings. The van der Waals surface area contributed by atoms with Crippen LogP contribution in [0.3, 0.4) is 0 Å². The fourth-order valence-electron chi connectivity index (χ4n) is 2.58. The molecule has 3 aromatic rings. The lowest BCUT2D eigenvalue weighted by atomic mass is 10.2. The zero-order valence-corrected chi connectivity index (χ0v) is 15.2. The van der Waals surface area contributed by atoms with Crippen LogP contribution >= 0.6 is 0 Å². The lowest BCUT2D eigenvalue weighted by molar-refractivity contribution is -0.121. The van der Waals surface area contributed by atoms with Gasteiger partial charge in [0.1, 0.15) is 11.7 Å². The minimum atomic E-state index is -0.427. The Bertz CT molecular complexity index is 981. The molecule has 0 radical (unpaired) electrons. The third-order valence-corrected chi connectivity index (χ3v) is 4.02. The van der Waals surface area contributed by atoms with Gasteiger partial charge in [-0.25, -0.2) is 4.98 Å². The highest BCUT2D eigenvalue weighted by molar-refractivity contribution is 5.77. The van der Waals surface area contributed by atoms with Crippen molar-refractivity contribution >= 4 is 16.9 Å². The van der Waals surface area contributed by atoms with E-state index in [4.69, 9.17) is 9.26 Å². The molecule has 0 spiro atoms. The number of para-hydroxylation sites is 2. The highest BCUT2D eigenvalue weighted by Crippen LogP contribution is 2.11. The minimum Gasteiger partial charge on any atom is -0.384 e. The second kappa shape index (κ2) is 8.54. The van der Waals surface area contributed by atoms with Gasteiger partial charge in [-0.15, -0.1) is 0 Å². The van der Waals surface area contributed by atoms with Crippen molar-refractivity contribution in [1.82, 2.24) is 25.4 Å². The topological polar surface area (TPSA) is 123 Å². The SMILES string of the molecule is COCCc1noc([C@@H](C)NC(=O)CCc2nc3ccccc3[nH]c2=O)n1. The number of rotatable bonds is 8. The average Bonchev–Trinajstić information content (AvgIpc) is 3.14. The van der Waals surface area contributed by atoms with E-state index >= 15 is 0 Å². The molecular formula is C18H21N5O4. The van der Waals surface area contributed by atoms with Crippen LogP contribution in [0.1, 0.15) is 36.8 Å². The Balaban J connectivity index is 1.57. The Morgan fingerprint density at radius 2 is 2.11 bits per heavy atom. The Hall–Kier alpha value is -3.07. The fourth-order valence-corrected chi connectivity index (χ4v) is 2.58. The molecule has 0 saturated carbocycles. The number of nitrogens with zero attached hydrogens (tertiary/aromatic N) is 3. The minimum absolute atomic E-state index is 0.128. The number of aromatic amines is 1. The van der Waals surface area contributed by atoms with E-state index in [1.807, 2.05) is 18.2 Å². The number of aryl methyl sites for hydroxylation is 1. The highest BCUT2D eigenvalue weighted by Gasteiger charge is 2.17. The van der Waals surface area contributed by atoms with Crippen LogP contribution in [0.4, 0.5) is 0 Å². The zero-order valence-electron chi connectivity index (χ0n) is 15.2. The first-order valence-corrected chi connectivity index (χ1v) is 8.65. The monoisotopic (exact) mass is 371 g/mol. The molecule has 0 aliphatic carbocycles. The molecule has 1 amide bonds. The molecule has 1 aromatic carbocycles. The number of amides is 1. The van der Waals surface area contributed by atoms with Gasteiger partial charge < -0.3 is 19.6 Å². The maximum absolute atomic E-state index is 12.2.